The van der Waals surface area contributed by atoms with Crippen LogP contribution in [0.3, 0.4) is 0 Å². The highest BCUT2D eigenvalue weighted by molar-refractivity contribution is 6.23. The van der Waals surface area contributed by atoms with Gasteiger partial charge in [-0.3, -0.25) is 44.0 Å². The van der Waals surface area contributed by atoms with Crippen LogP contribution in [-0.2, 0) is 14.4 Å². The third-order valence-corrected chi connectivity index (χ3v) is 10.1. The van der Waals surface area contributed by atoms with Gasteiger partial charge in [0.2, 0.25) is 17.7 Å². The number of benzene rings is 2. The fourth-order valence-electron chi connectivity index (χ4n) is 7.22. The molecule has 3 saturated heterocycles. The van der Waals surface area contributed by atoms with Crippen LogP contribution in [0.1, 0.15) is 46.4 Å². The van der Waals surface area contributed by atoms with Crippen LogP contribution in [0.5, 0.6) is 11.5 Å². The molecule has 3 aromatic rings. The molecule has 16 nitrogen and oxygen atoms in total. The minimum absolute atomic E-state index is 0.00275. The number of piperidine rings is 2. The second kappa shape index (κ2) is 14.9. The predicted octanol–water partition coefficient (Wildman–Crippen LogP) is 0.614. The standard InChI is InChI=1S/C36H41N9O7/c37-33-29(20-27(40-41-33)25-3-1-2-4-30(25)46)44-15-13-43(14-16-44)21-32(48)38-22-9-11-42(12-10-22)17-18-52-23-5-6-24-26(19-23)36(51)45(35(24)50)28-7-8-31(47)39-34(28)49/h1-6,19-20,22,28,46H,7-18,21H2,(H2,37,41)(H,38,48)(H,39,47,49). The highest BCUT2D eigenvalue weighted by atomic mass is 16.5. The largest absolute Gasteiger partial charge is 0.507 e. The number of imide groups is 2. The molecule has 1 aromatic heterocycles. The first kappa shape index (κ1) is 34.8. The molecule has 5 heterocycles. The van der Waals surface area contributed by atoms with Crippen LogP contribution < -0.4 is 26.0 Å². The number of carbonyl (C=O) groups excluding carboxylic acids is 5. The van der Waals surface area contributed by atoms with Crippen molar-refractivity contribution in [3.63, 3.8) is 0 Å². The van der Waals surface area contributed by atoms with E-state index in [0.717, 1.165) is 36.5 Å². The Morgan fingerprint density at radius 3 is 2.38 bits per heavy atom. The van der Waals surface area contributed by atoms with Gasteiger partial charge in [0.15, 0.2) is 5.82 Å². The molecule has 0 radical (unpaired) electrons. The molecule has 52 heavy (non-hydrogen) atoms. The fourth-order valence-corrected chi connectivity index (χ4v) is 7.22. The number of ether oxygens (including phenoxy) is 1. The van der Waals surface area contributed by atoms with E-state index in [0.29, 0.717) is 68.7 Å². The van der Waals surface area contributed by atoms with Crippen molar-refractivity contribution >= 4 is 41.0 Å². The van der Waals surface area contributed by atoms with Crippen molar-refractivity contribution in [2.24, 2.45) is 0 Å². The van der Waals surface area contributed by atoms with Gasteiger partial charge in [0, 0.05) is 63.8 Å². The molecule has 5 amide bonds. The summed E-state index contributed by atoms with van der Waals surface area (Å²) in [5.74, 6) is -1.29. The Kier molecular flexibility index (Phi) is 10.0. The Bertz CT molecular complexity index is 1890. The summed E-state index contributed by atoms with van der Waals surface area (Å²) in [5.41, 5.74) is 8.45. The molecule has 4 aliphatic rings. The van der Waals surface area contributed by atoms with E-state index in [-0.39, 0.29) is 41.7 Å². The van der Waals surface area contributed by atoms with Crippen LogP contribution in [0, 0.1) is 0 Å². The van der Waals surface area contributed by atoms with E-state index in [4.69, 9.17) is 10.5 Å². The summed E-state index contributed by atoms with van der Waals surface area (Å²) in [4.78, 5) is 70.3. The van der Waals surface area contributed by atoms with Crippen LogP contribution in [0.2, 0.25) is 0 Å². The number of hydrogen-bond donors (Lipinski definition) is 4. The van der Waals surface area contributed by atoms with Gasteiger partial charge in [-0.2, -0.15) is 0 Å². The zero-order valence-electron chi connectivity index (χ0n) is 28.6. The number of nitrogens with one attached hydrogen (secondary N) is 2. The molecule has 0 saturated carbocycles. The van der Waals surface area contributed by atoms with Crippen LogP contribution in [-0.4, -0.2) is 131 Å². The molecule has 1 atom stereocenters. The minimum atomic E-state index is -1.01. The van der Waals surface area contributed by atoms with Gasteiger partial charge in [0.1, 0.15) is 24.1 Å². The number of aromatic nitrogens is 2. The molecule has 16 heteroatoms. The fraction of sp³-hybridized carbons (Fsp3) is 0.417. The van der Waals surface area contributed by atoms with E-state index < -0.39 is 29.7 Å². The molecule has 0 aliphatic carbocycles. The number of likely N-dealkylation sites (tertiary alicyclic amines) is 1. The number of phenolic OH excluding ortho intramolecular Hbond substituents is 1. The lowest BCUT2D eigenvalue weighted by Crippen LogP contribution is -2.54. The number of nitrogen functional groups attached to an aromatic ring is 1. The minimum Gasteiger partial charge on any atom is -0.507 e. The van der Waals surface area contributed by atoms with E-state index in [2.05, 4.69) is 35.5 Å². The topological polar surface area (TPSA) is 204 Å². The maximum Gasteiger partial charge on any atom is 0.262 e. The van der Waals surface area contributed by atoms with Crippen molar-refractivity contribution < 1.29 is 33.8 Å². The van der Waals surface area contributed by atoms with Crippen LogP contribution in [0.4, 0.5) is 11.5 Å². The lowest BCUT2D eigenvalue weighted by molar-refractivity contribution is -0.136. The first-order chi connectivity index (χ1) is 25.1. The maximum absolute atomic E-state index is 13.1. The van der Waals surface area contributed by atoms with Crippen LogP contribution >= 0.6 is 0 Å². The highest BCUT2D eigenvalue weighted by Gasteiger charge is 2.44. The molecule has 1 unspecified atom stereocenters. The first-order valence-electron chi connectivity index (χ1n) is 17.5. The van der Waals surface area contributed by atoms with E-state index in [1.54, 1.807) is 24.3 Å². The summed E-state index contributed by atoms with van der Waals surface area (Å²) in [7, 11) is 0. The Hall–Kier alpha value is -5.61. The van der Waals surface area contributed by atoms with Crippen molar-refractivity contribution in [3.05, 3.63) is 59.7 Å². The van der Waals surface area contributed by atoms with Crippen LogP contribution in [0.25, 0.3) is 11.3 Å². The number of hydrogen-bond acceptors (Lipinski definition) is 13. The summed E-state index contributed by atoms with van der Waals surface area (Å²) in [5, 5.41) is 23.9. The molecular formula is C36H41N9O7. The number of phenols is 1. The molecule has 4 aliphatic heterocycles. The third-order valence-electron chi connectivity index (χ3n) is 10.1. The number of para-hydroxylation sites is 1. The van der Waals surface area contributed by atoms with Crippen molar-refractivity contribution in [1.29, 1.82) is 0 Å². The number of piperazine rings is 1. The van der Waals surface area contributed by atoms with E-state index in [1.165, 1.54) is 12.1 Å². The molecule has 272 valence electrons. The zero-order chi connectivity index (χ0) is 36.4. The number of carbonyl (C=O) groups is 5. The Morgan fingerprint density at radius 2 is 1.63 bits per heavy atom. The van der Waals surface area contributed by atoms with Gasteiger partial charge in [-0.25, -0.2) is 0 Å². The van der Waals surface area contributed by atoms with Gasteiger partial charge in [0.05, 0.1) is 29.1 Å². The molecule has 7 rings (SSSR count). The summed E-state index contributed by atoms with van der Waals surface area (Å²) in [6.07, 6.45) is 1.80. The average Bonchev–Trinajstić information content (AvgIpc) is 3.38. The van der Waals surface area contributed by atoms with Crippen LogP contribution in [0.15, 0.2) is 48.5 Å². The zero-order valence-corrected chi connectivity index (χ0v) is 28.6. The predicted molar refractivity (Wildman–Crippen MR) is 188 cm³/mol. The summed E-state index contributed by atoms with van der Waals surface area (Å²) in [6, 6.07) is 12.6. The lowest BCUT2D eigenvalue weighted by Gasteiger charge is -2.36. The van der Waals surface area contributed by atoms with Gasteiger partial charge in [-0.05, 0) is 55.7 Å². The van der Waals surface area contributed by atoms with Gasteiger partial charge >= 0.3 is 0 Å². The number of anilines is 2. The van der Waals surface area contributed by atoms with Crippen molar-refractivity contribution in [2.45, 2.75) is 37.8 Å². The van der Waals surface area contributed by atoms with E-state index >= 15 is 0 Å². The first-order valence-corrected chi connectivity index (χ1v) is 17.5. The molecule has 0 bridgehead atoms. The number of rotatable bonds is 10. The Morgan fingerprint density at radius 1 is 0.885 bits per heavy atom. The molecule has 3 fully saturated rings. The van der Waals surface area contributed by atoms with Gasteiger partial charge in [-0.15, -0.1) is 10.2 Å². The molecular weight excluding hydrogens is 670 g/mol. The van der Waals surface area contributed by atoms with Crippen molar-refractivity contribution in [3.8, 4) is 22.8 Å². The number of nitrogens with two attached hydrogens (primary N) is 1. The highest BCUT2D eigenvalue weighted by Crippen LogP contribution is 2.32. The maximum atomic E-state index is 13.1. The smallest absolute Gasteiger partial charge is 0.262 e. The molecule has 5 N–H and O–H groups in total. The number of fused-ring (bicyclic) bond motifs is 1. The molecule has 2 aromatic carbocycles. The Balaban J connectivity index is 0.818. The number of aromatic hydroxyl groups is 1. The van der Waals surface area contributed by atoms with Gasteiger partial charge < -0.3 is 25.8 Å². The summed E-state index contributed by atoms with van der Waals surface area (Å²) >= 11 is 0. The van der Waals surface area contributed by atoms with E-state index in [9.17, 15) is 29.1 Å². The van der Waals surface area contributed by atoms with E-state index in [1.807, 2.05) is 12.1 Å². The second-order valence-corrected chi connectivity index (χ2v) is 13.5. The van der Waals surface area contributed by atoms with Gasteiger partial charge in [-0.1, -0.05) is 12.1 Å². The van der Waals surface area contributed by atoms with Gasteiger partial charge in [0.25, 0.3) is 11.8 Å². The quantitative estimate of drug-likeness (QED) is 0.213. The second-order valence-electron chi connectivity index (χ2n) is 13.5. The SMILES string of the molecule is Nc1nnc(-c2ccccc2O)cc1N1CCN(CC(=O)NC2CCN(CCOc3ccc4c(c3)C(=O)N(C3CCC(=O)NC3=O)C4=O)CC2)CC1. The lowest BCUT2D eigenvalue weighted by atomic mass is 10.0. The number of nitrogens with zero attached hydrogens (tertiary/aromatic N) is 6. The third kappa shape index (κ3) is 7.38. The van der Waals surface area contributed by atoms with Crippen molar-refractivity contribution in [1.82, 2.24) is 35.5 Å². The van der Waals surface area contributed by atoms with Crippen molar-refractivity contribution in [2.75, 3.05) is 69.6 Å². The number of amides is 5. The average molecular weight is 712 g/mol. The monoisotopic (exact) mass is 711 g/mol. The summed E-state index contributed by atoms with van der Waals surface area (Å²) in [6.45, 7) is 5.66. The summed E-state index contributed by atoms with van der Waals surface area (Å²) < 4.78 is 5.93. The Labute approximate surface area is 299 Å². The molecule has 0 spiro atoms. The normalized spacial score (nSPS) is 20.2.